The highest BCUT2D eigenvalue weighted by molar-refractivity contribution is 5.91. The van der Waals surface area contributed by atoms with Gasteiger partial charge < -0.3 is 59.7 Å². The van der Waals surface area contributed by atoms with Gasteiger partial charge in [0.05, 0.1) is 49.5 Å². The average Bonchev–Trinajstić information content (AvgIpc) is 3.92. The van der Waals surface area contributed by atoms with Crippen LogP contribution in [0, 0.1) is 35.5 Å². The lowest BCUT2D eigenvalue weighted by atomic mass is 9.79. The van der Waals surface area contributed by atoms with E-state index in [4.69, 9.17) is 28.4 Å². The average molecular weight is 1130 g/mol. The first-order chi connectivity index (χ1) is 37.9. The highest BCUT2D eigenvalue weighted by atomic mass is 16.7. The topological polar surface area (TPSA) is 267 Å². The molecule has 0 aromatic heterocycles. The largest absolute Gasteiger partial charge is 0.464 e. The van der Waals surface area contributed by atoms with Crippen LogP contribution in [0.25, 0.3) is 0 Å². The summed E-state index contributed by atoms with van der Waals surface area (Å²) in [6.45, 7) is 16.5. The van der Waals surface area contributed by atoms with Crippen LogP contribution in [0.15, 0.2) is 30.3 Å². The Morgan fingerprint density at radius 1 is 0.750 bits per heavy atom. The number of benzene rings is 1. The summed E-state index contributed by atoms with van der Waals surface area (Å²) in [5, 5.41) is 20.7. The first kappa shape index (κ1) is 71.0. The van der Waals surface area contributed by atoms with Crippen molar-refractivity contribution in [3.8, 4) is 0 Å². The highest BCUT2D eigenvalue weighted by Crippen LogP contribution is 2.40. The number of hydrogen-bond acceptors (Lipinski definition) is 16. The van der Waals surface area contributed by atoms with Gasteiger partial charge in [-0.1, -0.05) is 98.6 Å². The van der Waals surface area contributed by atoms with Gasteiger partial charge in [-0.25, -0.2) is 4.79 Å². The molecule has 1 aromatic carbocycles. The van der Waals surface area contributed by atoms with Crippen molar-refractivity contribution in [2.45, 2.75) is 188 Å². The minimum Gasteiger partial charge on any atom is -0.464 e. The molecule has 21 nitrogen and oxygen atoms in total. The molecule has 0 radical (unpaired) electrons. The van der Waals surface area contributed by atoms with Crippen LogP contribution in [-0.2, 0) is 73.2 Å². The molecule has 0 saturated heterocycles. The third kappa shape index (κ3) is 23.1. The van der Waals surface area contributed by atoms with Gasteiger partial charge >= 0.3 is 11.9 Å². The number of Topliss-reactive ketones (excluding diaryl/α,β-unsaturated/α-hetero) is 1. The maximum Gasteiger partial charge on any atom is 0.328 e. The molecule has 5 N–H and O–H groups in total. The number of esters is 2. The number of amides is 5. The molecule has 4 unspecified atom stereocenters. The van der Waals surface area contributed by atoms with E-state index in [1.165, 1.54) is 21.1 Å². The van der Waals surface area contributed by atoms with Crippen molar-refractivity contribution in [2.24, 2.45) is 35.5 Å². The zero-order valence-corrected chi connectivity index (χ0v) is 50.7. The lowest BCUT2D eigenvalue weighted by Crippen LogP contribution is -2.59. The molecule has 0 spiro atoms. The van der Waals surface area contributed by atoms with Crippen molar-refractivity contribution in [1.29, 1.82) is 0 Å². The van der Waals surface area contributed by atoms with Crippen molar-refractivity contribution < 1.29 is 71.9 Å². The summed E-state index contributed by atoms with van der Waals surface area (Å²) in [4.78, 5) is 112. The number of methoxy groups -OCH3 is 3. The molecular formula is C59H100N6O15. The Bertz CT molecular complexity index is 2050. The summed E-state index contributed by atoms with van der Waals surface area (Å²) in [5.41, 5.74) is 0.810. The maximum atomic E-state index is 14.6. The number of likely N-dealkylation sites (N-methyl/N-ethyl adjacent to an activating group) is 2. The van der Waals surface area contributed by atoms with E-state index in [0.29, 0.717) is 25.7 Å². The Labute approximate surface area is 476 Å². The van der Waals surface area contributed by atoms with Gasteiger partial charge in [0.15, 0.2) is 6.29 Å². The van der Waals surface area contributed by atoms with Crippen LogP contribution in [0.3, 0.4) is 0 Å². The predicted octanol–water partition coefficient (Wildman–Crippen LogP) is 4.38. The third-order valence-corrected chi connectivity index (χ3v) is 15.3. The van der Waals surface area contributed by atoms with Crippen molar-refractivity contribution in [1.82, 2.24) is 31.1 Å². The highest BCUT2D eigenvalue weighted by Gasteiger charge is 2.45. The smallest absolute Gasteiger partial charge is 0.328 e. The van der Waals surface area contributed by atoms with Gasteiger partial charge in [0.25, 0.3) is 0 Å². The van der Waals surface area contributed by atoms with E-state index in [-0.39, 0.29) is 106 Å². The number of carbonyl (C=O) groups excluding carboxylic acids is 8. The first-order valence-corrected chi connectivity index (χ1v) is 28.8. The summed E-state index contributed by atoms with van der Waals surface area (Å²) in [5.74, 6) is -4.94. The van der Waals surface area contributed by atoms with Crippen LogP contribution >= 0.6 is 0 Å². The number of nitrogens with zero attached hydrogens (tertiary/aromatic N) is 2. The summed E-state index contributed by atoms with van der Waals surface area (Å²) >= 11 is 0. The molecule has 0 aliphatic heterocycles. The molecule has 80 heavy (non-hydrogen) atoms. The Kier molecular flexibility index (Phi) is 33.0. The van der Waals surface area contributed by atoms with E-state index in [9.17, 15) is 43.5 Å². The molecule has 456 valence electrons. The number of ether oxygens (including phenoxy) is 6. The van der Waals surface area contributed by atoms with E-state index in [0.717, 1.165) is 12.0 Å². The van der Waals surface area contributed by atoms with Crippen molar-refractivity contribution in [3.63, 3.8) is 0 Å². The predicted molar refractivity (Wildman–Crippen MR) is 302 cm³/mol. The van der Waals surface area contributed by atoms with Gasteiger partial charge in [-0.3, -0.25) is 38.5 Å². The van der Waals surface area contributed by atoms with Crippen LogP contribution < -0.4 is 21.3 Å². The molecule has 1 aliphatic carbocycles. The SMILES string of the molecule is CCC(CO)OC(COC(=O)CCCC(=O)NC(C)C(=O)OCCCNC(=O)[C@H](Cc1ccccc1)NC(=O)[C@H](C)[C@@H](OC)[C@@H]1CCCC1C(=O)C[C@@H](OC)[C@H]([C@@H](C)CC)N(C)C(=O)[C@@H](NC(=O)[C@H](C(C)C)N(C)C)C(C)C)OC. The number of rotatable bonds is 39. The van der Waals surface area contributed by atoms with Crippen molar-refractivity contribution in [3.05, 3.63) is 35.9 Å². The molecule has 5 amide bonds. The summed E-state index contributed by atoms with van der Waals surface area (Å²) in [6.07, 6.45) is 1.07. The van der Waals surface area contributed by atoms with Gasteiger partial charge in [0.1, 0.15) is 30.5 Å². The van der Waals surface area contributed by atoms with Crippen molar-refractivity contribution >= 4 is 47.3 Å². The fraction of sp³-hybridized carbons (Fsp3) is 0.763. The lowest BCUT2D eigenvalue weighted by Gasteiger charge is -2.40. The lowest BCUT2D eigenvalue weighted by molar-refractivity contribution is -0.194. The number of aliphatic hydroxyl groups is 1. The van der Waals surface area contributed by atoms with Crippen molar-refractivity contribution in [2.75, 3.05) is 68.8 Å². The van der Waals surface area contributed by atoms with E-state index in [1.807, 2.05) is 97.8 Å². The minimum atomic E-state index is -0.986. The van der Waals surface area contributed by atoms with Crippen LogP contribution in [-0.4, -0.2) is 186 Å². The normalized spacial score (nSPS) is 18.6. The minimum absolute atomic E-state index is 0.00955. The fourth-order valence-corrected chi connectivity index (χ4v) is 10.6. The zero-order chi connectivity index (χ0) is 60.2. The standard InChI is InChI=1S/C59H100N6O15/c1-16-38(7)53(65(12)58(73)51(36(3)4)63-57(72)52(37(5)6)64(10)11)47(75-13)33-46(67)43-26-21-27-44(43)54(77-15)39(8)55(70)62-45(32-41-24-19-18-20-25-41)56(71)60-30-23-31-78-59(74)40(9)61-48(68)28-22-29-49(69)79-35-50(76-14)80-42(17-2)34-66/h18-20,24-25,36-40,42-45,47,50-54,66H,16-17,21-23,26-35H2,1-15H3,(H,60,71)(H,61,68)(H,62,70)(H,63,72)/t38-,39+,40?,42?,43?,44+,45-,47+,50?,51-,52-,53-,54+/m0/s1. The summed E-state index contributed by atoms with van der Waals surface area (Å²) in [6, 6.07) is 5.54. The van der Waals surface area contributed by atoms with E-state index in [2.05, 4.69) is 21.3 Å². The molecule has 1 aliphatic rings. The monoisotopic (exact) mass is 1130 g/mol. The molecule has 2 rings (SSSR count). The molecule has 13 atom stereocenters. The summed E-state index contributed by atoms with van der Waals surface area (Å²) < 4.78 is 33.4. The van der Waals surface area contributed by atoms with Crippen LogP contribution in [0.1, 0.15) is 132 Å². The fourth-order valence-electron chi connectivity index (χ4n) is 10.6. The molecule has 0 bridgehead atoms. The Hall–Kier alpha value is -5.06. The zero-order valence-electron chi connectivity index (χ0n) is 50.7. The molecular weight excluding hydrogens is 1030 g/mol. The van der Waals surface area contributed by atoms with Crippen LogP contribution in [0.2, 0.25) is 0 Å². The molecule has 1 saturated carbocycles. The van der Waals surface area contributed by atoms with Gasteiger partial charge in [0.2, 0.25) is 29.5 Å². The second kappa shape index (κ2) is 37.1. The van der Waals surface area contributed by atoms with Gasteiger partial charge in [-0.2, -0.15) is 0 Å². The Balaban J connectivity index is 2.07. The van der Waals surface area contributed by atoms with E-state index >= 15 is 0 Å². The second-order valence-corrected chi connectivity index (χ2v) is 22.2. The van der Waals surface area contributed by atoms with Crippen LogP contribution in [0.5, 0.6) is 0 Å². The Morgan fingerprint density at radius 3 is 1.99 bits per heavy atom. The van der Waals surface area contributed by atoms with Gasteiger partial charge in [-0.05, 0) is 82.4 Å². The quantitative estimate of drug-likeness (QED) is 0.0348. The summed E-state index contributed by atoms with van der Waals surface area (Å²) in [7, 11) is 9.86. The number of hydrogen-bond donors (Lipinski definition) is 5. The maximum absolute atomic E-state index is 14.6. The molecule has 1 fully saturated rings. The number of carbonyl (C=O) groups is 8. The second-order valence-electron chi connectivity index (χ2n) is 22.2. The molecule has 21 heteroatoms. The molecule has 1 aromatic rings. The van der Waals surface area contributed by atoms with Gasteiger partial charge in [0, 0.05) is 66.5 Å². The van der Waals surface area contributed by atoms with E-state index < -0.39 is 96.3 Å². The van der Waals surface area contributed by atoms with Gasteiger partial charge in [-0.15, -0.1) is 0 Å². The van der Waals surface area contributed by atoms with E-state index in [1.54, 1.807) is 26.0 Å². The third-order valence-electron chi connectivity index (χ3n) is 15.3. The van der Waals surface area contributed by atoms with Crippen LogP contribution in [0.4, 0.5) is 0 Å². The number of ketones is 1. The molecule has 0 heterocycles. The number of aliphatic hydroxyl groups excluding tert-OH is 1. The number of nitrogens with one attached hydrogen (secondary N) is 4. The Morgan fingerprint density at radius 2 is 1.43 bits per heavy atom. The first-order valence-electron chi connectivity index (χ1n) is 28.8.